The van der Waals surface area contributed by atoms with Crippen LogP contribution in [0.3, 0.4) is 0 Å². The molecule has 0 radical (unpaired) electrons. The summed E-state index contributed by atoms with van der Waals surface area (Å²) in [5.74, 6) is -2.73. The minimum atomic E-state index is -4.31. The lowest BCUT2D eigenvalue weighted by Crippen LogP contribution is -2.46. The van der Waals surface area contributed by atoms with Gasteiger partial charge in [-0.1, -0.05) is 0 Å². The molecule has 0 aromatic heterocycles. The Morgan fingerprint density at radius 3 is 2.64 bits per heavy atom. The predicted octanol–water partition coefficient (Wildman–Crippen LogP) is -0.0113. The van der Waals surface area contributed by atoms with E-state index in [2.05, 4.69) is 5.32 Å². The van der Waals surface area contributed by atoms with Gasteiger partial charge in [-0.15, -0.1) is 0 Å². The number of hydrogen-bond donors (Lipinski definition) is 2. The highest BCUT2D eigenvalue weighted by Gasteiger charge is 2.67. The number of carboxylic acid groups (broad SMARTS) is 1. The number of ether oxygens (including phenoxy) is 1. The number of halogens is 3. The fourth-order valence-electron chi connectivity index (χ4n) is 1.71. The molecule has 0 aromatic carbocycles. The minimum Gasteiger partial charge on any atom is -0.480 e. The van der Waals surface area contributed by atoms with Crippen LogP contribution in [0.15, 0.2) is 0 Å². The molecule has 1 heterocycles. The van der Waals surface area contributed by atoms with Crippen LogP contribution in [-0.4, -0.2) is 42.0 Å². The molecule has 14 heavy (non-hydrogen) atoms. The Morgan fingerprint density at radius 1 is 1.50 bits per heavy atom. The van der Waals surface area contributed by atoms with Crippen molar-refractivity contribution in [2.24, 2.45) is 5.92 Å². The third-order valence-electron chi connectivity index (χ3n) is 2.48. The molecular formula is C7H8F3NO3. The molecule has 1 aliphatic carbocycles. The van der Waals surface area contributed by atoms with Crippen molar-refractivity contribution in [3.8, 4) is 0 Å². The van der Waals surface area contributed by atoms with Crippen molar-refractivity contribution in [2.75, 3.05) is 6.61 Å². The summed E-state index contributed by atoms with van der Waals surface area (Å²) in [6, 6.07) is -1.91. The summed E-state index contributed by atoms with van der Waals surface area (Å²) in [6.07, 6.45) is -5.21. The summed E-state index contributed by atoms with van der Waals surface area (Å²) in [5.41, 5.74) is 0. The van der Waals surface area contributed by atoms with Crippen LogP contribution in [0.25, 0.3) is 0 Å². The monoisotopic (exact) mass is 211 g/mol. The van der Waals surface area contributed by atoms with Crippen LogP contribution in [0.2, 0.25) is 0 Å². The van der Waals surface area contributed by atoms with Crippen molar-refractivity contribution in [1.82, 2.24) is 5.32 Å². The third-order valence-corrected chi connectivity index (χ3v) is 2.48. The fraction of sp³-hybridized carbons (Fsp3) is 0.857. The summed E-state index contributed by atoms with van der Waals surface area (Å²) in [7, 11) is 0. The molecule has 0 aromatic rings. The minimum absolute atomic E-state index is 0.205. The van der Waals surface area contributed by atoms with Crippen molar-refractivity contribution >= 4 is 5.97 Å². The molecule has 1 aliphatic heterocycles. The van der Waals surface area contributed by atoms with Crippen molar-refractivity contribution < 1.29 is 27.8 Å². The Labute approximate surface area is 77.0 Å². The quantitative estimate of drug-likeness (QED) is 0.640. The van der Waals surface area contributed by atoms with E-state index in [4.69, 9.17) is 9.84 Å². The number of fused-ring (bicyclic) bond motifs is 1. The summed E-state index contributed by atoms with van der Waals surface area (Å²) in [4.78, 5) is 10.5. The molecule has 1 saturated carbocycles. The van der Waals surface area contributed by atoms with Gasteiger partial charge < -0.3 is 9.84 Å². The van der Waals surface area contributed by atoms with Crippen molar-refractivity contribution in [3.63, 3.8) is 0 Å². The van der Waals surface area contributed by atoms with Crippen LogP contribution in [0.5, 0.6) is 0 Å². The average molecular weight is 211 g/mol. The van der Waals surface area contributed by atoms with E-state index in [1.54, 1.807) is 0 Å². The van der Waals surface area contributed by atoms with Crippen LogP contribution in [0.1, 0.15) is 0 Å². The van der Waals surface area contributed by atoms with Gasteiger partial charge in [0.05, 0.1) is 12.7 Å². The molecular weight excluding hydrogens is 203 g/mol. The molecule has 1 saturated heterocycles. The highest BCUT2D eigenvalue weighted by molar-refractivity contribution is 5.74. The maximum atomic E-state index is 12.2. The number of rotatable bonds is 1. The van der Waals surface area contributed by atoms with Crippen LogP contribution >= 0.6 is 0 Å². The molecule has 7 heteroatoms. The van der Waals surface area contributed by atoms with Gasteiger partial charge in [0.15, 0.2) is 0 Å². The summed E-state index contributed by atoms with van der Waals surface area (Å²) in [6.45, 7) is -0.205. The molecule has 80 valence electrons. The predicted molar refractivity (Wildman–Crippen MR) is 37.6 cm³/mol. The van der Waals surface area contributed by atoms with Gasteiger partial charge in [0.25, 0.3) is 0 Å². The summed E-state index contributed by atoms with van der Waals surface area (Å²) in [5, 5.41) is 10.9. The first-order chi connectivity index (χ1) is 6.41. The van der Waals surface area contributed by atoms with E-state index in [0.29, 0.717) is 0 Å². The first-order valence-electron chi connectivity index (χ1n) is 4.08. The van der Waals surface area contributed by atoms with E-state index < -0.39 is 36.3 Å². The topological polar surface area (TPSA) is 58.6 Å². The number of carboxylic acids is 1. The second kappa shape index (κ2) is 2.83. The zero-order valence-corrected chi connectivity index (χ0v) is 6.91. The Bertz CT molecular complexity index is 267. The van der Waals surface area contributed by atoms with E-state index in [-0.39, 0.29) is 6.61 Å². The fourth-order valence-corrected chi connectivity index (χ4v) is 1.71. The molecule has 2 N–H and O–H groups in total. The van der Waals surface area contributed by atoms with Crippen LogP contribution in [0, 0.1) is 5.92 Å². The zero-order valence-electron chi connectivity index (χ0n) is 6.91. The van der Waals surface area contributed by atoms with Gasteiger partial charge in [-0.2, -0.15) is 13.2 Å². The molecule has 4 atom stereocenters. The standard InChI is InChI=1S/C7H8F3NO3/c8-7(9,10)3-4-5(3)14-1-2(11-4)6(12)13/h2-5,11H,1H2,(H,12,13)/t2-,3-,4+,5-/m0/s1. The van der Waals surface area contributed by atoms with Crippen molar-refractivity contribution in [1.29, 1.82) is 0 Å². The molecule has 0 spiro atoms. The van der Waals surface area contributed by atoms with E-state index in [9.17, 15) is 18.0 Å². The van der Waals surface area contributed by atoms with E-state index in [1.807, 2.05) is 0 Å². The smallest absolute Gasteiger partial charge is 0.395 e. The maximum Gasteiger partial charge on any atom is 0.395 e. The number of nitrogens with one attached hydrogen (secondary N) is 1. The Hall–Kier alpha value is -0.820. The Balaban J connectivity index is 1.98. The largest absolute Gasteiger partial charge is 0.480 e. The van der Waals surface area contributed by atoms with Gasteiger partial charge >= 0.3 is 12.1 Å². The van der Waals surface area contributed by atoms with Gasteiger partial charge in [-0.25, -0.2) is 0 Å². The highest BCUT2D eigenvalue weighted by atomic mass is 19.4. The molecule has 2 aliphatic rings. The van der Waals surface area contributed by atoms with E-state index in [0.717, 1.165) is 0 Å². The van der Waals surface area contributed by atoms with Crippen LogP contribution < -0.4 is 5.32 Å². The lowest BCUT2D eigenvalue weighted by atomic mass is 10.3. The normalized spacial score (nSPS) is 41.6. The van der Waals surface area contributed by atoms with Crippen LogP contribution in [0.4, 0.5) is 13.2 Å². The molecule has 0 bridgehead atoms. The van der Waals surface area contributed by atoms with E-state index >= 15 is 0 Å². The molecule has 0 unspecified atom stereocenters. The van der Waals surface area contributed by atoms with Crippen molar-refractivity contribution in [2.45, 2.75) is 24.4 Å². The second-order valence-corrected chi connectivity index (χ2v) is 3.45. The lowest BCUT2D eigenvalue weighted by molar-refractivity contribution is -0.156. The Morgan fingerprint density at radius 2 is 2.14 bits per heavy atom. The maximum absolute atomic E-state index is 12.2. The summed E-state index contributed by atoms with van der Waals surface area (Å²) < 4.78 is 41.4. The molecule has 0 amide bonds. The van der Waals surface area contributed by atoms with Gasteiger partial charge in [-0.05, 0) is 0 Å². The lowest BCUT2D eigenvalue weighted by Gasteiger charge is -2.18. The third kappa shape index (κ3) is 1.46. The SMILES string of the molecule is O=C(O)[C@@H]1CO[C@@H]2[C@H](N1)[C@@H]2C(F)(F)F. The van der Waals surface area contributed by atoms with Gasteiger partial charge in [0, 0.05) is 6.04 Å². The number of carbonyl (C=O) groups is 1. The zero-order chi connectivity index (χ0) is 10.5. The van der Waals surface area contributed by atoms with Crippen molar-refractivity contribution in [3.05, 3.63) is 0 Å². The van der Waals surface area contributed by atoms with Gasteiger partial charge in [-0.3, -0.25) is 10.1 Å². The number of hydrogen-bond acceptors (Lipinski definition) is 3. The van der Waals surface area contributed by atoms with Crippen LogP contribution in [-0.2, 0) is 9.53 Å². The first-order valence-corrected chi connectivity index (χ1v) is 4.08. The van der Waals surface area contributed by atoms with Gasteiger partial charge in [0.1, 0.15) is 12.0 Å². The molecule has 2 fully saturated rings. The highest BCUT2D eigenvalue weighted by Crippen LogP contribution is 2.48. The Kier molecular flexibility index (Phi) is 1.97. The number of morpholine rings is 1. The first kappa shape index (κ1) is 9.72. The summed E-state index contributed by atoms with van der Waals surface area (Å²) >= 11 is 0. The van der Waals surface area contributed by atoms with E-state index in [1.165, 1.54) is 0 Å². The second-order valence-electron chi connectivity index (χ2n) is 3.45. The van der Waals surface area contributed by atoms with Gasteiger partial charge in [0.2, 0.25) is 0 Å². The average Bonchev–Trinajstić information content (AvgIpc) is 2.74. The molecule has 2 rings (SSSR count). The molecule has 4 nitrogen and oxygen atoms in total. The number of alkyl halides is 3. The number of aliphatic carboxylic acids is 1.